The Bertz CT molecular complexity index is 1050. The normalized spacial score (nSPS) is 18.2. The summed E-state index contributed by atoms with van der Waals surface area (Å²) >= 11 is 0. The molecule has 0 spiro atoms. The minimum atomic E-state index is -3.82. The molecule has 0 saturated carbocycles. The van der Waals surface area contributed by atoms with E-state index in [4.69, 9.17) is 0 Å². The monoisotopic (exact) mass is 445 g/mol. The highest BCUT2D eigenvalue weighted by molar-refractivity contribution is 7.92. The third-order valence-electron chi connectivity index (χ3n) is 6.37. The molecule has 2 aromatic rings. The van der Waals surface area contributed by atoms with Crippen molar-refractivity contribution in [3.63, 3.8) is 0 Å². The number of piperidine rings is 1. The zero-order valence-electron chi connectivity index (χ0n) is 18.0. The lowest BCUT2D eigenvalue weighted by atomic mass is 10.1. The maximum absolute atomic E-state index is 13.2. The van der Waals surface area contributed by atoms with E-state index >= 15 is 0 Å². The van der Waals surface area contributed by atoms with E-state index in [1.807, 2.05) is 17.0 Å². The quantitative estimate of drug-likeness (QED) is 0.709. The smallest absolute Gasteiger partial charge is 0.242 e. The number of carbonyl (C=O) groups excluding carboxylic acids is 2. The summed E-state index contributed by atoms with van der Waals surface area (Å²) in [6.45, 7) is 2.87. The van der Waals surface area contributed by atoms with Gasteiger partial charge in [-0.1, -0.05) is 31.0 Å². The Balaban J connectivity index is 1.58. The molecule has 0 radical (unpaired) electrons. The SMILES string of the molecule is O=C(Cn1cc(S(=O)(=O)CC(=O)N2CCCCCC2)c2ccccc21)N1CCCCC1. The number of nitrogens with zero attached hydrogens (tertiary/aromatic N) is 3. The summed E-state index contributed by atoms with van der Waals surface area (Å²) in [5, 5.41) is 0.567. The van der Waals surface area contributed by atoms with E-state index in [0.717, 1.165) is 58.0 Å². The number of fused-ring (bicyclic) bond motifs is 1. The van der Waals surface area contributed by atoms with Gasteiger partial charge in [0.1, 0.15) is 12.3 Å². The maximum atomic E-state index is 13.2. The molecular formula is C23H31N3O4S. The Kier molecular flexibility index (Phi) is 6.65. The molecule has 8 heteroatoms. The van der Waals surface area contributed by atoms with E-state index in [9.17, 15) is 18.0 Å². The second-order valence-corrected chi connectivity index (χ2v) is 10.6. The van der Waals surface area contributed by atoms with Crippen LogP contribution in [0.1, 0.15) is 44.9 Å². The molecule has 1 aromatic carbocycles. The maximum Gasteiger partial charge on any atom is 0.242 e. The Morgan fingerprint density at radius 1 is 0.774 bits per heavy atom. The van der Waals surface area contributed by atoms with Crippen LogP contribution in [0.2, 0.25) is 0 Å². The van der Waals surface area contributed by atoms with Crippen LogP contribution >= 0.6 is 0 Å². The van der Waals surface area contributed by atoms with Gasteiger partial charge in [-0.25, -0.2) is 8.42 Å². The van der Waals surface area contributed by atoms with Gasteiger partial charge in [-0.2, -0.15) is 0 Å². The zero-order chi connectivity index (χ0) is 21.8. The fraction of sp³-hybridized carbons (Fsp3) is 0.565. The van der Waals surface area contributed by atoms with E-state index in [0.29, 0.717) is 24.0 Å². The first kappa shape index (κ1) is 21.9. The molecule has 2 saturated heterocycles. The summed E-state index contributed by atoms with van der Waals surface area (Å²) in [6.07, 6.45) is 8.70. The first-order valence-electron chi connectivity index (χ1n) is 11.3. The number of likely N-dealkylation sites (tertiary alicyclic amines) is 2. The average molecular weight is 446 g/mol. The van der Waals surface area contributed by atoms with Crippen molar-refractivity contribution in [1.29, 1.82) is 0 Å². The van der Waals surface area contributed by atoms with Crippen LogP contribution in [0.3, 0.4) is 0 Å². The number of hydrogen-bond donors (Lipinski definition) is 0. The molecule has 2 aliphatic heterocycles. The van der Waals surface area contributed by atoms with Crippen LogP contribution in [0.5, 0.6) is 0 Å². The number of benzene rings is 1. The molecule has 2 fully saturated rings. The predicted octanol–water partition coefficient (Wildman–Crippen LogP) is 2.83. The zero-order valence-corrected chi connectivity index (χ0v) is 18.8. The fourth-order valence-corrected chi connectivity index (χ4v) is 6.09. The first-order chi connectivity index (χ1) is 15.0. The van der Waals surface area contributed by atoms with Crippen molar-refractivity contribution >= 4 is 32.6 Å². The first-order valence-corrected chi connectivity index (χ1v) is 13.0. The van der Waals surface area contributed by atoms with Gasteiger partial charge in [0.25, 0.3) is 0 Å². The van der Waals surface area contributed by atoms with Crippen molar-refractivity contribution in [2.45, 2.75) is 56.4 Å². The molecule has 2 amide bonds. The number of sulfone groups is 1. The van der Waals surface area contributed by atoms with Crippen LogP contribution in [0.15, 0.2) is 35.4 Å². The molecule has 0 aliphatic carbocycles. The van der Waals surface area contributed by atoms with Gasteiger partial charge in [0.05, 0.1) is 4.90 Å². The molecule has 168 valence electrons. The summed E-state index contributed by atoms with van der Waals surface area (Å²) in [5.74, 6) is -0.852. The highest BCUT2D eigenvalue weighted by atomic mass is 32.2. The third kappa shape index (κ3) is 4.95. The molecule has 0 atom stereocenters. The number of rotatable bonds is 5. The Hall–Kier alpha value is -2.35. The van der Waals surface area contributed by atoms with E-state index in [1.165, 1.54) is 6.20 Å². The molecule has 3 heterocycles. The van der Waals surface area contributed by atoms with Crippen molar-refractivity contribution in [2.75, 3.05) is 31.9 Å². The lowest BCUT2D eigenvalue weighted by molar-refractivity contribution is -0.132. The number of carbonyl (C=O) groups is 2. The standard InChI is InChI=1S/C23H31N3O4S/c27-22(24-12-8-3-9-13-24)17-26-16-21(19-10-4-5-11-20(19)26)31(29,30)18-23(28)25-14-6-1-2-7-15-25/h4-5,10-11,16H,1-3,6-9,12-15,17-18H2. The van der Waals surface area contributed by atoms with E-state index in [1.54, 1.807) is 21.6 Å². The van der Waals surface area contributed by atoms with Crippen molar-refractivity contribution in [2.24, 2.45) is 0 Å². The van der Waals surface area contributed by atoms with Crippen LogP contribution in [0, 0.1) is 0 Å². The number of amides is 2. The predicted molar refractivity (Wildman–Crippen MR) is 119 cm³/mol. The van der Waals surface area contributed by atoms with Crippen LogP contribution in [-0.2, 0) is 26.0 Å². The van der Waals surface area contributed by atoms with Crippen LogP contribution in [-0.4, -0.2) is 66.5 Å². The van der Waals surface area contributed by atoms with Crippen molar-refractivity contribution < 1.29 is 18.0 Å². The molecule has 31 heavy (non-hydrogen) atoms. The van der Waals surface area contributed by atoms with E-state index in [2.05, 4.69) is 0 Å². The van der Waals surface area contributed by atoms with Gasteiger partial charge in [0.2, 0.25) is 11.8 Å². The molecular weight excluding hydrogens is 414 g/mol. The summed E-state index contributed by atoms with van der Waals surface area (Å²) in [4.78, 5) is 29.2. The highest BCUT2D eigenvalue weighted by Crippen LogP contribution is 2.27. The van der Waals surface area contributed by atoms with Crippen molar-refractivity contribution in [3.8, 4) is 0 Å². The van der Waals surface area contributed by atoms with Gasteiger partial charge < -0.3 is 14.4 Å². The fourth-order valence-electron chi connectivity index (χ4n) is 4.63. The summed E-state index contributed by atoms with van der Waals surface area (Å²) < 4.78 is 28.2. The second-order valence-electron chi connectivity index (χ2n) is 8.63. The van der Waals surface area contributed by atoms with Crippen molar-refractivity contribution in [3.05, 3.63) is 30.5 Å². The van der Waals surface area contributed by atoms with Gasteiger partial charge in [0, 0.05) is 43.3 Å². The van der Waals surface area contributed by atoms with Gasteiger partial charge in [-0.05, 0) is 38.2 Å². The average Bonchev–Trinajstić information content (AvgIpc) is 2.94. The highest BCUT2D eigenvalue weighted by Gasteiger charge is 2.28. The van der Waals surface area contributed by atoms with Crippen LogP contribution in [0.4, 0.5) is 0 Å². The topological polar surface area (TPSA) is 79.7 Å². The molecule has 0 N–H and O–H groups in total. The van der Waals surface area contributed by atoms with Gasteiger partial charge in [-0.15, -0.1) is 0 Å². The van der Waals surface area contributed by atoms with Crippen LogP contribution < -0.4 is 0 Å². The summed E-state index contributed by atoms with van der Waals surface area (Å²) in [7, 11) is -3.82. The minimum Gasteiger partial charge on any atom is -0.342 e. The summed E-state index contributed by atoms with van der Waals surface area (Å²) in [6, 6.07) is 7.20. The molecule has 0 bridgehead atoms. The number of aromatic nitrogens is 1. The van der Waals surface area contributed by atoms with E-state index in [-0.39, 0.29) is 23.3 Å². The van der Waals surface area contributed by atoms with Crippen LogP contribution in [0.25, 0.3) is 10.9 Å². The van der Waals surface area contributed by atoms with Gasteiger partial charge in [-0.3, -0.25) is 9.59 Å². The Morgan fingerprint density at radius 2 is 1.32 bits per heavy atom. The lowest BCUT2D eigenvalue weighted by Crippen LogP contribution is -2.37. The van der Waals surface area contributed by atoms with E-state index < -0.39 is 15.6 Å². The largest absolute Gasteiger partial charge is 0.342 e. The van der Waals surface area contributed by atoms with Gasteiger partial charge >= 0.3 is 0 Å². The summed E-state index contributed by atoms with van der Waals surface area (Å²) in [5.41, 5.74) is 0.702. The minimum absolute atomic E-state index is 0.00467. The lowest BCUT2D eigenvalue weighted by Gasteiger charge is -2.27. The molecule has 7 nitrogen and oxygen atoms in total. The third-order valence-corrected chi connectivity index (χ3v) is 8.00. The number of hydrogen-bond acceptors (Lipinski definition) is 4. The Labute approximate surface area is 183 Å². The van der Waals surface area contributed by atoms with Gasteiger partial charge in [0.15, 0.2) is 9.84 Å². The molecule has 0 unspecified atom stereocenters. The molecule has 4 rings (SSSR count). The molecule has 2 aliphatic rings. The molecule has 1 aromatic heterocycles. The number of para-hydroxylation sites is 1. The van der Waals surface area contributed by atoms with Crippen molar-refractivity contribution in [1.82, 2.24) is 14.4 Å². The Morgan fingerprint density at radius 3 is 1.97 bits per heavy atom. The second kappa shape index (κ2) is 9.42.